The molecule has 1 aromatic rings. The van der Waals surface area contributed by atoms with Gasteiger partial charge in [0.1, 0.15) is 5.75 Å². The van der Waals surface area contributed by atoms with Crippen molar-refractivity contribution in [1.29, 1.82) is 0 Å². The van der Waals surface area contributed by atoms with Gasteiger partial charge >= 0.3 is 5.97 Å². The van der Waals surface area contributed by atoms with Gasteiger partial charge in [-0.25, -0.2) is 0 Å². The van der Waals surface area contributed by atoms with Gasteiger partial charge in [0, 0.05) is 10.6 Å². The van der Waals surface area contributed by atoms with E-state index in [1.807, 2.05) is 38.1 Å². The Balaban J connectivity index is 2.41. The lowest BCUT2D eigenvalue weighted by atomic mass is 10.2. The van der Waals surface area contributed by atoms with E-state index in [0.29, 0.717) is 6.61 Å². The monoisotopic (exact) mass is 254 g/mol. The van der Waals surface area contributed by atoms with E-state index in [-0.39, 0.29) is 11.9 Å². The van der Waals surface area contributed by atoms with Crippen molar-refractivity contribution in [2.24, 2.45) is 5.92 Å². The van der Waals surface area contributed by atoms with Crippen LogP contribution in [0.5, 0.6) is 5.75 Å². The van der Waals surface area contributed by atoms with Crippen molar-refractivity contribution in [3.05, 3.63) is 24.3 Å². The van der Waals surface area contributed by atoms with E-state index >= 15 is 0 Å². The molecule has 0 bridgehead atoms. The highest BCUT2D eigenvalue weighted by molar-refractivity contribution is 7.99. The summed E-state index contributed by atoms with van der Waals surface area (Å²) in [5, 5.41) is 0. The van der Waals surface area contributed by atoms with Crippen molar-refractivity contribution in [1.82, 2.24) is 0 Å². The lowest BCUT2D eigenvalue weighted by Crippen LogP contribution is -2.16. The molecule has 1 rings (SSSR count). The fraction of sp³-hybridized carbons (Fsp3) is 0.462. The fourth-order valence-electron chi connectivity index (χ4n) is 1.25. The Labute approximate surface area is 106 Å². The molecule has 0 aromatic heterocycles. The molecule has 0 fully saturated rings. The average Bonchev–Trinajstić information content (AvgIpc) is 2.36. The second-order valence-electron chi connectivity index (χ2n) is 3.64. The quantitative estimate of drug-likeness (QED) is 0.577. The van der Waals surface area contributed by atoms with Crippen LogP contribution in [0.1, 0.15) is 13.8 Å². The Hall–Kier alpha value is -1.16. The average molecular weight is 254 g/mol. The molecular formula is C13H18O3S. The number of hydrogen-bond acceptors (Lipinski definition) is 4. The first-order valence-electron chi connectivity index (χ1n) is 5.60. The minimum absolute atomic E-state index is 0.0814. The number of ether oxygens (including phenoxy) is 2. The van der Waals surface area contributed by atoms with Crippen molar-refractivity contribution in [3.63, 3.8) is 0 Å². The zero-order valence-corrected chi connectivity index (χ0v) is 11.3. The minimum atomic E-state index is -0.131. The molecule has 17 heavy (non-hydrogen) atoms. The van der Waals surface area contributed by atoms with E-state index < -0.39 is 0 Å². The Morgan fingerprint density at radius 2 is 2.00 bits per heavy atom. The zero-order valence-electron chi connectivity index (χ0n) is 10.4. The van der Waals surface area contributed by atoms with E-state index in [1.54, 1.807) is 18.9 Å². The third kappa shape index (κ3) is 4.69. The summed E-state index contributed by atoms with van der Waals surface area (Å²) in [6.07, 6.45) is 0. The predicted molar refractivity (Wildman–Crippen MR) is 69.5 cm³/mol. The first-order valence-corrected chi connectivity index (χ1v) is 6.59. The van der Waals surface area contributed by atoms with Crippen molar-refractivity contribution >= 4 is 17.7 Å². The van der Waals surface area contributed by atoms with Gasteiger partial charge in [-0.3, -0.25) is 4.79 Å². The van der Waals surface area contributed by atoms with Gasteiger partial charge in [0.15, 0.2) is 0 Å². The molecule has 3 nitrogen and oxygen atoms in total. The Morgan fingerprint density at radius 1 is 1.35 bits per heavy atom. The maximum Gasteiger partial charge on any atom is 0.309 e. The van der Waals surface area contributed by atoms with Crippen molar-refractivity contribution in [3.8, 4) is 5.75 Å². The number of esters is 1. The fourth-order valence-corrected chi connectivity index (χ4v) is 2.15. The first-order chi connectivity index (χ1) is 8.17. The molecular weight excluding hydrogens is 236 g/mol. The van der Waals surface area contributed by atoms with Crippen LogP contribution in [0, 0.1) is 5.92 Å². The van der Waals surface area contributed by atoms with Crippen molar-refractivity contribution in [2.75, 3.05) is 19.5 Å². The van der Waals surface area contributed by atoms with Crippen LogP contribution < -0.4 is 4.74 Å². The topological polar surface area (TPSA) is 35.5 Å². The molecule has 0 amide bonds. The highest BCUT2D eigenvalue weighted by atomic mass is 32.2. The van der Waals surface area contributed by atoms with Gasteiger partial charge in [-0.2, -0.15) is 0 Å². The molecule has 94 valence electrons. The zero-order chi connectivity index (χ0) is 12.7. The molecule has 0 radical (unpaired) electrons. The summed E-state index contributed by atoms with van der Waals surface area (Å²) < 4.78 is 10.0. The Bertz CT molecular complexity index is 348. The van der Waals surface area contributed by atoms with Gasteiger partial charge in [-0.15, -0.1) is 11.8 Å². The number of rotatable bonds is 6. The van der Waals surface area contributed by atoms with E-state index in [0.717, 1.165) is 16.4 Å². The second-order valence-corrected chi connectivity index (χ2v) is 4.73. The number of carbonyl (C=O) groups is 1. The standard InChI is InChI=1S/C13H18O3S/c1-4-16-13(14)10(2)9-17-12-7-5-11(15-3)6-8-12/h5-8,10H,4,9H2,1-3H3. The number of benzene rings is 1. The van der Waals surface area contributed by atoms with Crippen molar-refractivity contribution < 1.29 is 14.3 Å². The van der Waals surface area contributed by atoms with Crippen LogP contribution in [0.3, 0.4) is 0 Å². The SMILES string of the molecule is CCOC(=O)C(C)CSc1ccc(OC)cc1. The number of carbonyl (C=O) groups excluding carboxylic acids is 1. The van der Waals surface area contributed by atoms with Gasteiger partial charge in [0.2, 0.25) is 0 Å². The van der Waals surface area contributed by atoms with Crippen LogP contribution in [0.2, 0.25) is 0 Å². The van der Waals surface area contributed by atoms with Crippen LogP contribution in [0.25, 0.3) is 0 Å². The van der Waals surface area contributed by atoms with Crippen LogP contribution in [-0.4, -0.2) is 25.4 Å². The van der Waals surface area contributed by atoms with E-state index in [9.17, 15) is 4.79 Å². The summed E-state index contributed by atoms with van der Waals surface area (Å²) in [6, 6.07) is 7.80. The molecule has 0 saturated heterocycles. The molecule has 0 aliphatic rings. The van der Waals surface area contributed by atoms with E-state index in [1.165, 1.54) is 0 Å². The minimum Gasteiger partial charge on any atom is -0.497 e. The molecule has 0 spiro atoms. The maximum atomic E-state index is 11.4. The molecule has 0 heterocycles. The summed E-state index contributed by atoms with van der Waals surface area (Å²) in [4.78, 5) is 12.5. The van der Waals surface area contributed by atoms with Gasteiger partial charge in [0.25, 0.3) is 0 Å². The van der Waals surface area contributed by atoms with E-state index in [2.05, 4.69) is 0 Å². The molecule has 4 heteroatoms. The summed E-state index contributed by atoms with van der Waals surface area (Å²) >= 11 is 1.65. The molecule has 0 aliphatic carbocycles. The van der Waals surface area contributed by atoms with Crippen molar-refractivity contribution in [2.45, 2.75) is 18.7 Å². The van der Waals surface area contributed by atoms with E-state index in [4.69, 9.17) is 9.47 Å². The Morgan fingerprint density at radius 3 is 2.53 bits per heavy atom. The highest BCUT2D eigenvalue weighted by Crippen LogP contribution is 2.23. The summed E-state index contributed by atoms with van der Waals surface area (Å²) in [6.45, 7) is 4.14. The third-order valence-corrected chi connectivity index (χ3v) is 3.52. The summed E-state index contributed by atoms with van der Waals surface area (Å²) in [5.41, 5.74) is 0. The Kier molecular flexibility index (Phi) is 5.91. The van der Waals surface area contributed by atoms with Gasteiger partial charge < -0.3 is 9.47 Å². The van der Waals surface area contributed by atoms with Gasteiger partial charge in [-0.05, 0) is 31.2 Å². The lowest BCUT2D eigenvalue weighted by molar-refractivity contribution is -0.146. The largest absolute Gasteiger partial charge is 0.497 e. The number of methoxy groups -OCH3 is 1. The van der Waals surface area contributed by atoms with Crippen LogP contribution in [0.15, 0.2) is 29.2 Å². The molecule has 0 saturated carbocycles. The van der Waals surface area contributed by atoms with Crippen LogP contribution in [0.4, 0.5) is 0 Å². The van der Waals surface area contributed by atoms with Crippen LogP contribution >= 0.6 is 11.8 Å². The van der Waals surface area contributed by atoms with Crippen LogP contribution in [-0.2, 0) is 9.53 Å². The normalized spacial score (nSPS) is 11.9. The highest BCUT2D eigenvalue weighted by Gasteiger charge is 2.13. The predicted octanol–water partition coefficient (Wildman–Crippen LogP) is 2.99. The van der Waals surface area contributed by atoms with Gasteiger partial charge in [0.05, 0.1) is 19.6 Å². The molecule has 1 aromatic carbocycles. The third-order valence-electron chi connectivity index (χ3n) is 2.25. The maximum absolute atomic E-state index is 11.4. The van der Waals surface area contributed by atoms with Gasteiger partial charge in [-0.1, -0.05) is 6.92 Å². The summed E-state index contributed by atoms with van der Waals surface area (Å²) in [7, 11) is 1.64. The molecule has 1 unspecified atom stereocenters. The summed E-state index contributed by atoms with van der Waals surface area (Å²) in [5.74, 6) is 1.36. The molecule has 0 N–H and O–H groups in total. The lowest BCUT2D eigenvalue weighted by Gasteiger charge is -2.10. The second kappa shape index (κ2) is 7.22. The molecule has 0 aliphatic heterocycles. The first kappa shape index (κ1) is 13.9. The number of hydrogen-bond donors (Lipinski definition) is 0. The molecule has 1 atom stereocenters. The number of thioether (sulfide) groups is 1. The smallest absolute Gasteiger partial charge is 0.309 e.